The lowest BCUT2D eigenvalue weighted by molar-refractivity contribution is -0.175. The summed E-state index contributed by atoms with van der Waals surface area (Å²) >= 11 is 3.42. The van der Waals surface area contributed by atoms with E-state index in [0.717, 1.165) is 4.47 Å². The number of hydrogen-bond donors (Lipinski definition) is 4. The zero-order chi connectivity index (χ0) is 35.9. The molecule has 0 radical (unpaired) electrons. The molecule has 2 aliphatic heterocycles. The summed E-state index contributed by atoms with van der Waals surface area (Å²) in [7, 11) is 1.29. The standard InChI is InChI=1S/C18H20N2O6.C16H17BrN2O4/c1-17(2)18(3,23)15(25-14-8-7-13(21)19-20-14)11-9-10(16(22)24-4)5-6-12(11)26-17;1-15(2)16(3,21)14(22-13-7-6-12(20)18-19-13)10-8-9(17)4-5-11(10)23-15/h5-9,15,23H,1-4H3,(H,19,21);4-8,14,21H,1-3H3,(H,18,20). The number of rotatable bonds is 5. The van der Waals surface area contributed by atoms with Crippen molar-refractivity contribution in [2.45, 2.75) is 76.2 Å². The number of carbonyl (C=O) groups excluding carboxylic acids is 1. The lowest BCUT2D eigenvalue weighted by atomic mass is 9.77. The fourth-order valence-electron chi connectivity index (χ4n) is 5.29. The Hall–Kier alpha value is -4.73. The van der Waals surface area contributed by atoms with E-state index in [1.165, 1.54) is 31.4 Å². The van der Waals surface area contributed by atoms with Crippen LogP contribution in [-0.4, -0.2) is 66.1 Å². The van der Waals surface area contributed by atoms with Gasteiger partial charge in [-0.05, 0) is 77.9 Å². The quantitative estimate of drug-likeness (QED) is 0.214. The predicted molar refractivity (Wildman–Crippen MR) is 179 cm³/mol. The Labute approximate surface area is 289 Å². The van der Waals surface area contributed by atoms with Crippen molar-refractivity contribution >= 4 is 21.9 Å². The zero-order valence-corrected chi connectivity index (χ0v) is 29.4. The Kier molecular flexibility index (Phi) is 9.40. The summed E-state index contributed by atoms with van der Waals surface area (Å²) in [5, 5.41) is 34.5. The van der Waals surface area contributed by atoms with Crippen molar-refractivity contribution in [3.63, 3.8) is 0 Å². The van der Waals surface area contributed by atoms with Gasteiger partial charge in [-0.15, -0.1) is 10.2 Å². The molecule has 15 heteroatoms. The maximum atomic E-state index is 11.9. The second kappa shape index (κ2) is 12.9. The first-order valence-electron chi connectivity index (χ1n) is 15.2. The molecule has 2 aromatic heterocycles. The molecule has 14 nitrogen and oxygen atoms in total. The third-order valence-electron chi connectivity index (χ3n) is 8.94. The van der Waals surface area contributed by atoms with Crippen LogP contribution in [0.2, 0.25) is 0 Å². The number of ether oxygens (including phenoxy) is 5. The summed E-state index contributed by atoms with van der Waals surface area (Å²) in [6.07, 6.45) is -1.61. The molecule has 6 rings (SSSR count). The molecule has 0 saturated heterocycles. The molecule has 4 unspecified atom stereocenters. The van der Waals surface area contributed by atoms with Crippen molar-refractivity contribution in [1.82, 2.24) is 20.4 Å². The smallest absolute Gasteiger partial charge is 0.337 e. The van der Waals surface area contributed by atoms with E-state index in [1.807, 2.05) is 18.2 Å². The van der Waals surface area contributed by atoms with Crippen molar-refractivity contribution in [3.05, 3.63) is 103 Å². The number of H-pyrrole nitrogens is 2. The van der Waals surface area contributed by atoms with Gasteiger partial charge < -0.3 is 33.9 Å². The van der Waals surface area contributed by atoms with Crippen molar-refractivity contribution in [1.29, 1.82) is 0 Å². The van der Waals surface area contributed by atoms with Crippen LogP contribution in [0, 0.1) is 0 Å². The minimum atomic E-state index is -1.47. The maximum absolute atomic E-state index is 11.9. The highest BCUT2D eigenvalue weighted by Crippen LogP contribution is 2.49. The van der Waals surface area contributed by atoms with Gasteiger partial charge >= 0.3 is 5.97 Å². The number of fused-ring (bicyclic) bond motifs is 2. The Morgan fingerprint density at radius 1 is 0.735 bits per heavy atom. The summed E-state index contributed by atoms with van der Waals surface area (Å²) in [4.78, 5) is 34.2. The van der Waals surface area contributed by atoms with E-state index in [-0.39, 0.29) is 22.9 Å². The fraction of sp³-hybridized carbons (Fsp3) is 0.382. The van der Waals surface area contributed by atoms with Gasteiger partial charge in [-0.3, -0.25) is 9.59 Å². The van der Waals surface area contributed by atoms with Gasteiger partial charge in [0.1, 0.15) is 33.9 Å². The molecular weight excluding hydrogens is 704 g/mol. The first kappa shape index (κ1) is 35.6. The van der Waals surface area contributed by atoms with E-state index in [9.17, 15) is 24.6 Å². The maximum Gasteiger partial charge on any atom is 0.337 e. The highest BCUT2D eigenvalue weighted by molar-refractivity contribution is 9.10. The highest BCUT2D eigenvalue weighted by atomic mass is 79.9. The van der Waals surface area contributed by atoms with Crippen LogP contribution in [0.3, 0.4) is 0 Å². The first-order chi connectivity index (χ1) is 22.9. The average Bonchev–Trinajstić information content (AvgIpc) is 3.04. The lowest BCUT2D eigenvalue weighted by Crippen LogP contribution is -2.59. The Morgan fingerprint density at radius 3 is 1.61 bits per heavy atom. The van der Waals surface area contributed by atoms with Crippen molar-refractivity contribution < 1.29 is 38.7 Å². The number of aromatic nitrogens is 4. The molecular formula is C34H37BrN4O10. The number of benzene rings is 2. The van der Waals surface area contributed by atoms with E-state index in [2.05, 4.69) is 36.3 Å². The summed E-state index contributed by atoms with van der Waals surface area (Å²) in [6, 6.07) is 15.8. The number of methoxy groups -OCH3 is 1. The Balaban J connectivity index is 0.000000192. The molecule has 0 amide bonds. The van der Waals surface area contributed by atoms with Crippen molar-refractivity contribution in [3.8, 4) is 23.3 Å². The number of nitrogens with zero attached hydrogens (tertiary/aromatic N) is 2. The molecule has 49 heavy (non-hydrogen) atoms. The number of nitrogens with one attached hydrogen (secondary N) is 2. The number of esters is 1. The van der Waals surface area contributed by atoms with Crippen molar-refractivity contribution in [2.24, 2.45) is 0 Å². The molecule has 4 atom stereocenters. The van der Waals surface area contributed by atoms with Crippen molar-refractivity contribution in [2.75, 3.05) is 7.11 Å². The summed E-state index contributed by atoms with van der Waals surface area (Å²) in [5.74, 6) is 0.946. The van der Waals surface area contributed by atoms with Gasteiger partial charge in [-0.25, -0.2) is 15.0 Å². The van der Waals surface area contributed by atoms with E-state index < -0.39 is 40.6 Å². The van der Waals surface area contributed by atoms with E-state index >= 15 is 0 Å². The van der Waals surface area contributed by atoms with Crippen LogP contribution in [-0.2, 0) is 4.74 Å². The van der Waals surface area contributed by atoms with Crippen LogP contribution in [0.5, 0.6) is 23.3 Å². The van der Waals surface area contributed by atoms with Gasteiger partial charge in [-0.2, -0.15) is 0 Å². The van der Waals surface area contributed by atoms with E-state index in [4.69, 9.17) is 23.7 Å². The molecule has 260 valence electrons. The molecule has 4 aromatic rings. The monoisotopic (exact) mass is 740 g/mol. The molecule has 0 saturated carbocycles. The van der Waals surface area contributed by atoms with Gasteiger partial charge in [0.2, 0.25) is 11.8 Å². The molecule has 0 aliphatic carbocycles. The summed E-state index contributed by atoms with van der Waals surface area (Å²) in [6.45, 7) is 10.3. The van der Waals surface area contributed by atoms with Gasteiger partial charge in [0.25, 0.3) is 11.1 Å². The molecule has 0 spiro atoms. The van der Waals surface area contributed by atoms with Gasteiger partial charge in [0.05, 0.1) is 12.7 Å². The number of hydrogen-bond acceptors (Lipinski definition) is 12. The molecule has 2 aliphatic rings. The Morgan fingerprint density at radius 2 is 1.18 bits per heavy atom. The SMILES string of the molecule is CC1(C)Oc2ccc(Br)cc2C(Oc2ccc(=O)[nH]n2)C1(C)O.COC(=O)c1ccc2c(c1)C(Oc1ccc(=O)[nH]n1)C(C)(O)C(C)(C)O2. The molecule has 2 aromatic carbocycles. The van der Waals surface area contributed by atoms with E-state index in [1.54, 1.807) is 59.7 Å². The van der Waals surface area contributed by atoms with Crippen LogP contribution >= 0.6 is 15.9 Å². The zero-order valence-electron chi connectivity index (χ0n) is 27.9. The normalized spacial score (nSPS) is 24.4. The number of aromatic amines is 2. The lowest BCUT2D eigenvalue weighted by Gasteiger charge is -2.48. The second-order valence-corrected chi connectivity index (χ2v) is 13.9. The number of halogens is 1. The molecule has 4 N–H and O–H groups in total. The Bertz CT molecular complexity index is 1950. The minimum Gasteiger partial charge on any atom is -0.484 e. The van der Waals surface area contributed by atoms with Crippen LogP contribution in [0.4, 0.5) is 0 Å². The first-order valence-corrected chi connectivity index (χ1v) is 15.9. The second-order valence-electron chi connectivity index (χ2n) is 13.0. The van der Waals surface area contributed by atoms with Gasteiger partial charge in [0, 0.05) is 39.9 Å². The average molecular weight is 742 g/mol. The molecule has 0 fully saturated rings. The topological polar surface area (TPSA) is 195 Å². The summed E-state index contributed by atoms with van der Waals surface area (Å²) in [5.41, 5.74) is -3.86. The fourth-order valence-corrected chi connectivity index (χ4v) is 5.67. The number of aliphatic hydroxyl groups is 2. The van der Waals surface area contributed by atoms with Gasteiger partial charge in [0.15, 0.2) is 12.2 Å². The predicted octanol–water partition coefficient (Wildman–Crippen LogP) is 4.17. The third kappa shape index (κ3) is 6.91. The van der Waals surface area contributed by atoms with Crippen LogP contribution in [0.15, 0.2) is 74.7 Å². The van der Waals surface area contributed by atoms with Crippen LogP contribution < -0.4 is 30.1 Å². The molecule has 0 bridgehead atoms. The highest BCUT2D eigenvalue weighted by Gasteiger charge is 2.55. The number of carbonyl (C=O) groups is 1. The summed E-state index contributed by atoms with van der Waals surface area (Å²) < 4.78 is 29.3. The third-order valence-corrected chi connectivity index (χ3v) is 9.43. The largest absolute Gasteiger partial charge is 0.484 e. The van der Waals surface area contributed by atoms with E-state index in [0.29, 0.717) is 28.2 Å². The van der Waals surface area contributed by atoms with Crippen LogP contribution in [0.25, 0.3) is 0 Å². The van der Waals surface area contributed by atoms with Crippen LogP contribution in [0.1, 0.15) is 75.2 Å². The molecule has 4 heterocycles. The van der Waals surface area contributed by atoms with Gasteiger partial charge in [-0.1, -0.05) is 15.9 Å². The minimum absolute atomic E-state index is 0.127.